The highest BCUT2D eigenvalue weighted by atomic mass is 79.9. The van der Waals surface area contributed by atoms with E-state index in [1.807, 2.05) is 36.1 Å². The molecule has 1 saturated carbocycles. The van der Waals surface area contributed by atoms with Gasteiger partial charge in [-0.15, -0.1) is 4.52 Å². The van der Waals surface area contributed by atoms with E-state index in [0.717, 1.165) is 22.9 Å². The van der Waals surface area contributed by atoms with E-state index in [0.29, 0.717) is 0 Å². The molecule has 6 heteroatoms. The van der Waals surface area contributed by atoms with Gasteiger partial charge in [-0.1, -0.05) is 30.3 Å². The zero-order valence-corrected chi connectivity index (χ0v) is 12.4. The molecule has 0 bridgehead atoms. The van der Waals surface area contributed by atoms with E-state index in [4.69, 9.17) is 13.6 Å². The summed E-state index contributed by atoms with van der Waals surface area (Å²) in [5.74, 6) is 1.45. The third-order valence-electron chi connectivity index (χ3n) is 3.50. The fourth-order valence-corrected chi connectivity index (χ4v) is 6.09. The Balaban J connectivity index is 1.65. The molecule has 0 radical (unpaired) electrons. The smallest absolute Gasteiger partial charge is 0.243 e. The van der Waals surface area contributed by atoms with E-state index in [-0.39, 0.29) is 11.6 Å². The van der Waals surface area contributed by atoms with Crippen LogP contribution < -0.4 is 0 Å². The summed E-state index contributed by atoms with van der Waals surface area (Å²) in [6.07, 6.45) is 1.21. The van der Waals surface area contributed by atoms with Crippen LogP contribution in [0.4, 0.5) is 0 Å². The monoisotopic (exact) mass is 341 g/mol. The van der Waals surface area contributed by atoms with Crippen LogP contribution in [0.3, 0.4) is 0 Å². The molecule has 2 fully saturated rings. The molecule has 2 unspecified atom stereocenters. The van der Waals surface area contributed by atoms with Gasteiger partial charge in [0.15, 0.2) is 11.4 Å². The lowest BCUT2D eigenvalue weighted by molar-refractivity contribution is -0.136. The number of hydrogen-bond acceptors (Lipinski definition) is 4. The van der Waals surface area contributed by atoms with E-state index in [1.54, 1.807) is 0 Å². The first-order chi connectivity index (χ1) is 9.13. The number of halogens is 1. The molecule has 0 amide bonds. The lowest BCUT2D eigenvalue weighted by atomic mass is 10.1. The largest absolute Gasteiger partial charge is 0.493 e. The van der Waals surface area contributed by atoms with Crippen LogP contribution in [-0.4, -0.2) is 11.6 Å². The molecule has 0 aromatic heterocycles. The Morgan fingerprint density at radius 1 is 1.26 bits per heavy atom. The highest BCUT2D eigenvalue weighted by Crippen LogP contribution is 2.80. The number of rotatable bonds is 1. The second-order valence-electron chi connectivity index (χ2n) is 4.91. The van der Waals surface area contributed by atoms with Crippen molar-refractivity contribution < 1.29 is 18.4 Å². The molecule has 2 aliphatic heterocycles. The van der Waals surface area contributed by atoms with Gasteiger partial charge in [0.2, 0.25) is 6.10 Å². The quantitative estimate of drug-likeness (QED) is 0.727. The van der Waals surface area contributed by atoms with Crippen molar-refractivity contribution in [3.63, 3.8) is 0 Å². The van der Waals surface area contributed by atoms with Gasteiger partial charge in [-0.25, -0.2) is 9.32 Å². The molecule has 19 heavy (non-hydrogen) atoms. The molecule has 4 nitrogen and oxygen atoms in total. The summed E-state index contributed by atoms with van der Waals surface area (Å²) in [4.78, 5) is 12.0. The predicted molar refractivity (Wildman–Crippen MR) is 73.3 cm³/mol. The third kappa shape index (κ3) is 1.80. The van der Waals surface area contributed by atoms with Crippen molar-refractivity contribution in [3.8, 4) is 0 Å². The number of hydrogen-bond donors (Lipinski definition) is 0. The van der Waals surface area contributed by atoms with Crippen molar-refractivity contribution in [2.45, 2.75) is 24.5 Å². The molecule has 1 aromatic rings. The lowest BCUT2D eigenvalue weighted by Gasteiger charge is -2.09. The van der Waals surface area contributed by atoms with Gasteiger partial charge in [0.05, 0.1) is 4.48 Å². The molecular formula is C13H11BrO4P+. The second-order valence-corrected chi connectivity index (χ2v) is 7.68. The molecule has 4 rings (SSSR count). The Labute approximate surface area is 119 Å². The SMILES string of the molecule is O=C1O[P+]2(C=C(Br)C3(CC3)O2)OC1c1ccccc1. The number of benzene rings is 1. The summed E-state index contributed by atoms with van der Waals surface area (Å²) in [6, 6.07) is 9.36. The van der Waals surface area contributed by atoms with Crippen LogP contribution in [0.1, 0.15) is 24.5 Å². The Kier molecular flexibility index (Phi) is 2.46. The standard InChI is InChI=1S/C13H11BrO4P/c14-10-8-19(18-13(10)6-7-13)16-11(12(15)17-19)9-4-2-1-3-5-9/h1-5,8,11H,6-7H2/q+1. The van der Waals surface area contributed by atoms with Crippen molar-refractivity contribution >= 4 is 29.8 Å². The summed E-state index contributed by atoms with van der Waals surface area (Å²) in [5.41, 5.74) is 0.522. The topological polar surface area (TPSA) is 44.8 Å². The van der Waals surface area contributed by atoms with E-state index in [9.17, 15) is 4.79 Å². The van der Waals surface area contributed by atoms with E-state index >= 15 is 0 Å². The highest BCUT2D eigenvalue weighted by Gasteiger charge is 2.72. The molecule has 0 N–H and O–H groups in total. The Morgan fingerprint density at radius 2 is 2.00 bits per heavy atom. The average molecular weight is 342 g/mol. The minimum absolute atomic E-state index is 0.278. The Bertz CT molecular complexity index is 584. The summed E-state index contributed by atoms with van der Waals surface area (Å²) in [7, 11) is -2.65. The molecule has 1 aromatic carbocycles. The van der Waals surface area contributed by atoms with Gasteiger partial charge in [0, 0.05) is 0 Å². The van der Waals surface area contributed by atoms with Crippen LogP contribution in [0.5, 0.6) is 0 Å². The van der Waals surface area contributed by atoms with Crippen LogP contribution in [-0.2, 0) is 18.4 Å². The summed E-state index contributed by atoms with van der Waals surface area (Å²) < 4.78 is 18.2. The van der Waals surface area contributed by atoms with E-state index < -0.39 is 14.0 Å². The predicted octanol–water partition coefficient (Wildman–Crippen LogP) is 3.86. The normalized spacial score (nSPS) is 34.7. The number of carbonyl (C=O) groups is 1. The lowest BCUT2D eigenvalue weighted by Crippen LogP contribution is -2.07. The number of carbonyl (C=O) groups excluding carboxylic acids is 1. The Morgan fingerprint density at radius 3 is 2.63 bits per heavy atom. The van der Waals surface area contributed by atoms with Crippen LogP contribution in [0.25, 0.3) is 0 Å². The first-order valence-corrected chi connectivity index (χ1v) is 8.48. The highest BCUT2D eigenvalue weighted by molar-refractivity contribution is 9.11. The average Bonchev–Trinajstić information content (AvgIpc) is 3.02. The Hall–Kier alpha value is -0.740. The van der Waals surface area contributed by atoms with Gasteiger partial charge in [0.1, 0.15) is 0 Å². The molecule has 2 heterocycles. The van der Waals surface area contributed by atoms with Gasteiger partial charge < -0.3 is 0 Å². The minimum atomic E-state index is -2.65. The van der Waals surface area contributed by atoms with Crippen molar-refractivity contribution in [3.05, 3.63) is 46.2 Å². The molecule has 3 aliphatic rings. The molecular weight excluding hydrogens is 331 g/mol. The van der Waals surface area contributed by atoms with Crippen LogP contribution >= 0.6 is 23.9 Å². The molecule has 98 valence electrons. The summed E-state index contributed by atoms with van der Waals surface area (Å²) in [5, 5.41) is 0. The first-order valence-electron chi connectivity index (χ1n) is 6.08. The van der Waals surface area contributed by atoms with Crippen LogP contribution in [0.15, 0.2) is 40.6 Å². The van der Waals surface area contributed by atoms with Gasteiger partial charge >= 0.3 is 13.9 Å². The fourth-order valence-electron chi connectivity index (χ4n) is 2.32. The maximum atomic E-state index is 12.0. The van der Waals surface area contributed by atoms with Crippen LogP contribution in [0, 0.1) is 0 Å². The maximum Gasteiger partial charge on any atom is 0.493 e. The van der Waals surface area contributed by atoms with Crippen molar-refractivity contribution in [2.24, 2.45) is 0 Å². The fraction of sp³-hybridized carbons (Fsp3) is 0.308. The molecule has 2 atom stereocenters. The van der Waals surface area contributed by atoms with Gasteiger partial charge in [-0.05, 0) is 34.3 Å². The summed E-state index contributed by atoms with van der Waals surface area (Å²) >= 11 is 3.50. The van der Waals surface area contributed by atoms with Crippen molar-refractivity contribution in [1.82, 2.24) is 0 Å². The molecule has 1 saturated heterocycles. The van der Waals surface area contributed by atoms with Crippen LogP contribution in [0.2, 0.25) is 0 Å². The molecule has 2 spiro atoms. The van der Waals surface area contributed by atoms with E-state index in [2.05, 4.69) is 15.9 Å². The van der Waals surface area contributed by atoms with Crippen molar-refractivity contribution in [1.29, 1.82) is 0 Å². The molecule has 1 aliphatic carbocycles. The maximum absolute atomic E-state index is 12.0. The summed E-state index contributed by atoms with van der Waals surface area (Å²) in [6.45, 7) is 0. The first kappa shape index (κ1) is 12.0. The zero-order chi connectivity index (χ0) is 13.1. The second kappa shape index (κ2) is 3.89. The van der Waals surface area contributed by atoms with Gasteiger partial charge in [0.25, 0.3) is 0 Å². The third-order valence-corrected chi connectivity index (χ3v) is 6.92. The van der Waals surface area contributed by atoms with Crippen molar-refractivity contribution in [2.75, 3.05) is 0 Å². The zero-order valence-electron chi connectivity index (χ0n) is 9.91. The minimum Gasteiger partial charge on any atom is -0.243 e. The van der Waals surface area contributed by atoms with Gasteiger partial charge in [-0.3, -0.25) is 0 Å². The van der Waals surface area contributed by atoms with E-state index in [1.165, 1.54) is 0 Å². The van der Waals surface area contributed by atoms with Gasteiger partial charge in [-0.2, -0.15) is 4.52 Å².